The molecule has 2 N–H and O–H groups in total. The molecule has 62 valence electrons. The summed E-state index contributed by atoms with van der Waals surface area (Å²) in [6, 6.07) is 0.548. The Balaban J connectivity index is 1.77. The molecule has 11 heavy (non-hydrogen) atoms. The Kier molecular flexibility index (Phi) is 1.18. The number of nitrogens with two attached hydrogens (primary N) is 1. The summed E-state index contributed by atoms with van der Waals surface area (Å²) < 4.78 is 0. The van der Waals surface area contributed by atoms with E-state index in [1.807, 2.05) is 0 Å². The van der Waals surface area contributed by atoms with Crippen LogP contribution in [0.1, 0.15) is 32.1 Å². The predicted molar refractivity (Wildman–Crippen MR) is 45.0 cm³/mol. The predicted octanol–water partition coefficient (Wildman–Crippen LogP) is 1.77. The number of rotatable bonds is 0. The molecule has 3 fully saturated rings. The Morgan fingerprint density at radius 3 is 2.36 bits per heavy atom. The van der Waals surface area contributed by atoms with Crippen molar-refractivity contribution in [3.05, 3.63) is 0 Å². The van der Waals surface area contributed by atoms with Crippen molar-refractivity contribution >= 4 is 0 Å². The van der Waals surface area contributed by atoms with Gasteiger partial charge in [-0.1, -0.05) is 0 Å². The van der Waals surface area contributed by atoms with E-state index in [1.54, 1.807) is 6.42 Å². The minimum absolute atomic E-state index is 0.548. The normalized spacial score (nSPS) is 60.3. The highest BCUT2D eigenvalue weighted by molar-refractivity contribution is 5.04. The van der Waals surface area contributed by atoms with Gasteiger partial charge in [-0.3, -0.25) is 0 Å². The molecule has 1 heteroatoms. The van der Waals surface area contributed by atoms with Crippen LogP contribution in [0.5, 0.6) is 0 Å². The second-order valence-corrected chi connectivity index (χ2v) is 4.90. The van der Waals surface area contributed by atoms with E-state index >= 15 is 0 Å². The molecule has 3 aliphatic carbocycles. The zero-order chi connectivity index (χ0) is 7.42. The van der Waals surface area contributed by atoms with Crippen molar-refractivity contribution in [2.75, 3.05) is 0 Å². The third-order valence-electron chi connectivity index (χ3n) is 4.36. The minimum Gasteiger partial charge on any atom is -0.328 e. The standard InChI is InChI=1S/C10H17N/c11-9-2-1-6-3-7-4-8(5-9)10(6)7/h6-10H,1-5,11H2/t6-,7?,8+,9-,10?/m1/s1. The first-order chi connectivity index (χ1) is 5.34. The molecule has 0 amide bonds. The van der Waals surface area contributed by atoms with Gasteiger partial charge in [-0.25, -0.2) is 0 Å². The van der Waals surface area contributed by atoms with Crippen LogP contribution in [-0.2, 0) is 0 Å². The summed E-state index contributed by atoms with van der Waals surface area (Å²) >= 11 is 0. The van der Waals surface area contributed by atoms with Crippen LogP contribution in [0.2, 0.25) is 0 Å². The molecule has 0 aromatic carbocycles. The van der Waals surface area contributed by atoms with E-state index in [1.165, 1.54) is 25.7 Å². The molecule has 2 unspecified atom stereocenters. The molecule has 3 rings (SSSR count). The fourth-order valence-corrected chi connectivity index (χ4v) is 3.76. The van der Waals surface area contributed by atoms with Gasteiger partial charge in [0.2, 0.25) is 0 Å². The Morgan fingerprint density at radius 1 is 0.818 bits per heavy atom. The average molecular weight is 151 g/mol. The van der Waals surface area contributed by atoms with E-state index in [0.29, 0.717) is 6.04 Å². The van der Waals surface area contributed by atoms with Gasteiger partial charge in [0, 0.05) is 6.04 Å². The van der Waals surface area contributed by atoms with Crippen molar-refractivity contribution in [3.63, 3.8) is 0 Å². The molecule has 0 aromatic heterocycles. The van der Waals surface area contributed by atoms with Crippen molar-refractivity contribution in [2.45, 2.75) is 38.1 Å². The fourth-order valence-electron chi connectivity index (χ4n) is 3.76. The molecular formula is C10H17N. The first kappa shape index (κ1) is 6.47. The number of hydrogen-bond donors (Lipinski definition) is 1. The third-order valence-corrected chi connectivity index (χ3v) is 4.36. The van der Waals surface area contributed by atoms with Crippen LogP contribution in [0.4, 0.5) is 0 Å². The first-order valence-corrected chi connectivity index (χ1v) is 5.10. The van der Waals surface area contributed by atoms with E-state index in [2.05, 4.69) is 0 Å². The molecular weight excluding hydrogens is 134 g/mol. The molecule has 0 bridgehead atoms. The van der Waals surface area contributed by atoms with E-state index in [9.17, 15) is 0 Å². The van der Waals surface area contributed by atoms with Gasteiger partial charge in [0.1, 0.15) is 0 Å². The Bertz CT molecular complexity index is 178. The van der Waals surface area contributed by atoms with Crippen LogP contribution in [0, 0.1) is 23.7 Å². The molecule has 0 heterocycles. The topological polar surface area (TPSA) is 26.0 Å². The van der Waals surface area contributed by atoms with Crippen molar-refractivity contribution in [1.29, 1.82) is 0 Å². The Hall–Kier alpha value is -0.0400. The van der Waals surface area contributed by atoms with E-state index in [4.69, 9.17) is 5.73 Å². The van der Waals surface area contributed by atoms with Crippen LogP contribution in [0.15, 0.2) is 0 Å². The monoisotopic (exact) mass is 151 g/mol. The summed E-state index contributed by atoms with van der Waals surface area (Å²) in [5, 5.41) is 0. The maximum atomic E-state index is 6.00. The van der Waals surface area contributed by atoms with E-state index < -0.39 is 0 Å². The van der Waals surface area contributed by atoms with E-state index in [-0.39, 0.29) is 0 Å². The molecule has 0 saturated heterocycles. The maximum absolute atomic E-state index is 6.00. The summed E-state index contributed by atoms with van der Waals surface area (Å²) in [7, 11) is 0. The van der Waals surface area contributed by atoms with Gasteiger partial charge in [0.25, 0.3) is 0 Å². The Morgan fingerprint density at radius 2 is 1.55 bits per heavy atom. The van der Waals surface area contributed by atoms with Crippen molar-refractivity contribution in [2.24, 2.45) is 29.4 Å². The van der Waals surface area contributed by atoms with Crippen LogP contribution < -0.4 is 5.73 Å². The van der Waals surface area contributed by atoms with Crippen molar-refractivity contribution in [3.8, 4) is 0 Å². The summed E-state index contributed by atoms with van der Waals surface area (Å²) in [4.78, 5) is 0. The summed E-state index contributed by atoms with van der Waals surface area (Å²) in [5.74, 6) is 4.45. The molecule has 3 aliphatic rings. The van der Waals surface area contributed by atoms with Crippen LogP contribution in [0.25, 0.3) is 0 Å². The van der Waals surface area contributed by atoms with Crippen molar-refractivity contribution in [1.82, 2.24) is 0 Å². The highest BCUT2D eigenvalue weighted by Gasteiger charge is 2.54. The smallest absolute Gasteiger partial charge is 0.00416 e. The molecule has 0 aromatic rings. The van der Waals surface area contributed by atoms with Crippen LogP contribution in [-0.4, -0.2) is 6.04 Å². The molecule has 0 spiro atoms. The lowest BCUT2D eigenvalue weighted by molar-refractivity contribution is -0.0859. The summed E-state index contributed by atoms with van der Waals surface area (Å²) in [5.41, 5.74) is 6.00. The molecule has 0 radical (unpaired) electrons. The van der Waals surface area contributed by atoms with Gasteiger partial charge >= 0.3 is 0 Å². The lowest BCUT2D eigenvalue weighted by Crippen LogP contribution is -2.50. The SMILES string of the molecule is N[C@@H]1CC[C@@H]2CC3C[C@@H](C1)C32. The summed E-state index contributed by atoms with van der Waals surface area (Å²) in [6.45, 7) is 0. The largest absolute Gasteiger partial charge is 0.328 e. The minimum atomic E-state index is 0.548. The first-order valence-electron chi connectivity index (χ1n) is 5.10. The van der Waals surface area contributed by atoms with Crippen molar-refractivity contribution < 1.29 is 0 Å². The lowest BCUT2D eigenvalue weighted by atomic mass is 9.47. The van der Waals surface area contributed by atoms with Gasteiger partial charge < -0.3 is 5.73 Å². The van der Waals surface area contributed by atoms with Gasteiger partial charge in [0.05, 0.1) is 0 Å². The third kappa shape index (κ3) is 0.752. The highest BCUT2D eigenvalue weighted by atomic mass is 14.7. The molecule has 1 nitrogen and oxygen atoms in total. The Labute approximate surface area is 68.3 Å². The highest BCUT2D eigenvalue weighted by Crippen LogP contribution is 2.61. The summed E-state index contributed by atoms with van der Waals surface area (Å²) in [6.07, 6.45) is 7.17. The quantitative estimate of drug-likeness (QED) is 0.561. The van der Waals surface area contributed by atoms with Gasteiger partial charge in [0.15, 0.2) is 0 Å². The zero-order valence-electron chi connectivity index (χ0n) is 7.00. The van der Waals surface area contributed by atoms with Gasteiger partial charge in [-0.2, -0.15) is 0 Å². The molecule has 0 aliphatic heterocycles. The van der Waals surface area contributed by atoms with Crippen LogP contribution in [0.3, 0.4) is 0 Å². The fraction of sp³-hybridized carbons (Fsp3) is 1.00. The maximum Gasteiger partial charge on any atom is 0.00416 e. The van der Waals surface area contributed by atoms with Gasteiger partial charge in [-0.05, 0) is 55.8 Å². The van der Waals surface area contributed by atoms with Gasteiger partial charge in [-0.15, -0.1) is 0 Å². The molecule has 5 atom stereocenters. The van der Waals surface area contributed by atoms with E-state index in [0.717, 1.165) is 23.7 Å². The lowest BCUT2D eigenvalue weighted by Gasteiger charge is -2.58. The number of hydrogen-bond acceptors (Lipinski definition) is 1. The second-order valence-electron chi connectivity index (χ2n) is 4.90. The zero-order valence-corrected chi connectivity index (χ0v) is 7.00. The second kappa shape index (κ2) is 2.01. The molecule has 3 saturated carbocycles. The van der Waals surface area contributed by atoms with Crippen LogP contribution >= 0.6 is 0 Å². The average Bonchev–Trinajstić information content (AvgIpc) is 2.05.